The number of nitrogens with zero attached hydrogens (tertiary/aromatic N) is 1. The van der Waals surface area contributed by atoms with Crippen LogP contribution in [0.1, 0.15) is 12.0 Å². The largest absolute Gasteiger partial charge is 0.416 e. The van der Waals surface area contributed by atoms with Gasteiger partial charge in [-0.1, -0.05) is 29.8 Å². The minimum atomic E-state index is -4.55. The number of urea groups is 1. The third-order valence-corrected chi connectivity index (χ3v) is 4.40. The van der Waals surface area contributed by atoms with Crippen LogP contribution in [0.2, 0.25) is 5.02 Å². The number of nitrogens with one attached hydrogen (secondary N) is 2. The highest BCUT2D eigenvalue weighted by Gasteiger charge is 2.33. The Labute approximate surface area is 158 Å². The number of hydrogen-bond acceptors (Lipinski definition) is 2. The molecule has 0 aliphatic carbocycles. The van der Waals surface area contributed by atoms with E-state index in [9.17, 15) is 22.8 Å². The monoisotopic (exact) mass is 397 g/mol. The van der Waals surface area contributed by atoms with Crippen LogP contribution in [0.3, 0.4) is 0 Å². The fourth-order valence-electron chi connectivity index (χ4n) is 2.80. The number of amides is 3. The van der Waals surface area contributed by atoms with Crippen molar-refractivity contribution in [3.63, 3.8) is 0 Å². The first kappa shape index (κ1) is 19.0. The Bertz CT molecular complexity index is 859. The number of hydrogen-bond donors (Lipinski definition) is 2. The Hall–Kier alpha value is -2.74. The highest BCUT2D eigenvalue weighted by Crippen LogP contribution is 2.33. The van der Waals surface area contributed by atoms with E-state index < -0.39 is 23.8 Å². The fraction of sp³-hybridized carbons (Fsp3) is 0.222. The van der Waals surface area contributed by atoms with Crippen molar-refractivity contribution >= 4 is 34.9 Å². The number of para-hydroxylation sites is 1. The van der Waals surface area contributed by atoms with E-state index in [0.29, 0.717) is 5.69 Å². The lowest BCUT2D eigenvalue weighted by molar-refractivity contribution is -0.137. The Morgan fingerprint density at radius 1 is 1.15 bits per heavy atom. The third-order valence-electron chi connectivity index (χ3n) is 4.07. The normalized spacial score (nSPS) is 17.1. The molecule has 2 aromatic rings. The molecule has 1 aliphatic heterocycles. The van der Waals surface area contributed by atoms with Crippen LogP contribution < -0.4 is 15.5 Å². The van der Waals surface area contributed by atoms with E-state index in [4.69, 9.17) is 11.6 Å². The zero-order chi connectivity index (χ0) is 19.6. The van der Waals surface area contributed by atoms with Gasteiger partial charge < -0.3 is 15.5 Å². The molecule has 27 heavy (non-hydrogen) atoms. The van der Waals surface area contributed by atoms with E-state index in [2.05, 4.69) is 10.6 Å². The second-order valence-corrected chi connectivity index (χ2v) is 6.44. The van der Waals surface area contributed by atoms with Crippen LogP contribution >= 0.6 is 11.6 Å². The summed E-state index contributed by atoms with van der Waals surface area (Å²) in [6, 6.07) is 10.4. The first-order chi connectivity index (χ1) is 12.7. The Morgan fingerprint density at radius 2 is 1.85 bits per heavy atom. The minimum absolute atomic E-state index is 0.0217. The van der Waals surface area contributed by atoms with Gasteiger partial charge in [-0.2, -0.15) is 13.2 Å². The molecule has 1 heterocycles. The van der Waals surface area contributed by atoms with E-state index in [1.807, 2.05) is 6.07 Å². The summed E-state index contributed by atoms with van der Waals surface area (Å²) in [7, 11) is 0. The molecule has 0 aromatic heterocycles. The third kappa shape index (κ3) is 4.51. The van der Waals surface area contributed by atoms with Crippen LogP contribution in [0.15, 0.2) is 48.5 Å². The number of anilines is 2. The van der Waals surface area contributed by atoms with Crippen molar-refractivity contribution < 1.29 is 22.8 Å². The number of alkyl halides is 3. The molecule has 0 saturated carbocycles. The van der Waals surface area contributed by atoms with Crippen LogP contribution in [0.5, 0.6) is 0 Å². The van der Waals surface area contributed by atoms with Gasteiger partial charge in [0, 0.05) is 18.7 Å². The van der Waals surface area contributed by atoms with E-state index in [0.717, 1.165) is 18.2 Å². The summed E-state index contributed by atoms with van der Waals surface area (Å²) in [5.41, 5.74) is -0.366. The summed E-state index contributed by atoms with van der Waals surface area (Å²) in [6.07, 6.45) is -4.45. The average molecular weight is 398 g/mol. The second-order valence-electron chi connectivity index (χ2n) is 6.03. The van der Waals surface area contributed by atoms with Crippen molar-refractivity contribution in [3.05, 3.63) is 59.1 Å². The standard InChI is InChI=1S/C18H15ClF3N3O2/c19-14-7-6-11(18(20,21)22)8-15(14)24-17(27)23-12-9-16(26)25(10-12)13-4-2-1-3-5-13/h1-8,12H,9-10H2,(H2,23,24,27). The van der Waals surface area contributed by atoms with Crippen LogP contribution in [0.25, 0.3) is 0 Å². The molecule has 0 bridgehead atoms. The van der Waals surface area contributed by atoms with Gasteiger partial charge in [0.05, 0.1) is 22.3 Å². The van der Waals surface area contributed by atoms with E-state index in [-0.39, 0.29) is 29.6 Å². The molecule has 142 valence electrons. The molecular weight excluding hydrogens is 383 g/mol. The van der Waals surface area contributed by atoms with Crippen molar-refractivity contribution in [2.75, 3.05) is 16.8 Å². The van der Waals surface area contributed by atoms with Crippen LogP contribution in [-0.2, 0) is 11.0 Å². The number of halogens is 4. The highest BCUT2D eigenvalue weighted by atomic mass is 35.5. The van der Waals surface area contributed by atoms with Gasteiger partial charge in [0.1, 0.15) is 0 Å². The Kier molecular flexibility index (Phi) is 5.27. The van der Waals surface area contributed by atoms with E-state index >= 15 is 0 Å². The lowest BCUT2D eigenvalue weighted by Crippen LogP contribution is -2.39. The molecule has 5 nitrogen and oxygen atoms in total. The smallest absolute Gasteiger partial charge is 0.333 e. The molecule has 3 rings (SSSR count). The van der Waals surface area contributed by atoms with Crippen molar-refractivity contribution in [1.82, 2.24) is 5.32 Å². The summed E-state index contributed by atoms with van der Waals surface area (Å²) < 4.78 is 38.4. The molecule has 1 aliphatic rings. The summed E-state index contributed by atoms with van der Waals surface area (Å²) in [6.45, 7) is 0.270. The van der Waals surface area contributed by atoms with Gasteiger partial charge in [0.25, 0.3) is 0 Å². The Morgan fingerprint density at radius 3 is 2.52 bits per heavy atom. The quantitative estimate of drug-likeness (QED) is 0.811. The molecule has 2 N–H and O–H groups in total. The zero-order valence-electron chi connectivity index (χ0n) is 13.9. The number of carbonyl (C=O) groups is 2. The molecule has 0 radical (unpaired) electrons. The average Bonchev–Trinajstić information content (AvgIpc) is 2.96. The van der Waals surface area contributed by atoms with E-state index in [1.165, 1.54) is 0 Å². The zero-order valence-corrected chi connectivity index (χ0v) is 14.6. The summed E-state index contributed by atoms with van der Waals surface area (Å²) in [5, 5.41) is 4.88. The lowest BCUT2D eigenvalue weighted by atomic mass is 10.2. The van der Waals surface area contributed by atoms with Gasteiger partial charge in [0.2, 0.25) is 5.91 Å². The molecule has 2 aromatic carbocycles. The summed E-state index contributed by atoms with van der Waals surface area (Å²) >= 11 is 5.86. The predicted octanol–water partition coefficient (Wildman–Crippen LogP) is 4.29. The first-order valence-electron chi connectivity index (χ1n) is 8.04. The van der Waals surface area contributed by atoms with Crippen molar-refractivity contribution in [1.29, 1.82) is 0 Å². The predicted molar refractivity (Wildman–Crippen MR) is 95.8 cm³/mol. The van der Waals surface area contributed by atoms with Gasteiger partial charge in [0.15, 0.2) is 0 Å². The Balaban J connectivity index is 1.64. The maximum absolute atomic E-state index is 12.8. The van der Waals surface area contributed by atoms with Gasteiger partial charge in [-0.25, -0.2) is 4.79 Å². The van der Waals surface area contributed by atoms with Crippen LogP contribution in [0, 0.1) is 0 Å². The fourth-order valence-corrected chi connectivity index (χ4v) is 2.97. The maximum atomic E-state index is 12.8. The van der Waals surface area contributed by atoms with Crippen LogP contribution in [0.4, 0.5) is 29.3 Å². The van der Waals surface area contributed by atoms with Crippen LogP contribution in [-0.4, -0.2) is 24.5 Å². The topological polar surface area (TPSA) is 61.4 Å². The first-order valence-corrected chi connectivity index (χ1v) is 8.41. The summed E-state index contributed by atoms with van der Waals surface area (Å²) in [4.78, 5) is 25.8. The van der Waals surface area contributed by atoms with Crippen molar-refractivity contribution in [2.45, 2.75) is 18.6 Å². The molecule has 3 amide bonds. The van der Waals surface area contributed by atoms with Gasteiger partial charge >= 0.3 is 12.2 Å². The highest BCUT2D eigenvalue weighted by molar-refractivity contribution is 6.33. The summed E-state index contributed by atoms with van der Waals surface area (Å²) in [5.74, 6) is -0.149. The van der Waals surface area contributed by atoms with Gasteiger partial charge in [-0.05, 0) is 30.3 Å². The minimum Gasteiger partial charge on any atom is -0.333 e. The molecule has 1 saturated heterocycles. The van der Waals surface area contributed by atoms with Gasteiger partial charge in [-0.15, -0.1) is 0 Å². The molecule has 1 unspecified atom stereocenters. The SMILES string of the molecule is O=C(Nc1cc(C(F)(F)F)ccc1Cl)NC1CC(=O)N(c2ccccc2)C1. The molecular formula is C18H15ClF3N3O2. The molecule has 0 spiro atoms. The lowest BCUT2D eigenvalue weighted by Gasteiger charge is -2.17. The number of rotatable bonds is 3. The maximum Gasteiger partial charge on any atom is 0.416 e. The molecule has 9 heteroatoms. The molecule has 1 fully saturated rings. The van der Waals surface area contributed by atoms with Gasteiger partial charge in [-0.3, -0.25) is 4.79 Å². The second kappa shape index (κ2) is 7.48. The van der Waals surface area contributed by atoms with Crippen molar-refractivity contribution in [3.8, 4) is 0 Å². The van der Waals surface area contributed by atoms with E-state index in [1.54, 1.807) is 29.2 Å². The number of carbonyl (C=O) groups excluding carboxylic acids is 2. The molecule has 1 atom stereocenters. The van der Waals surface area contributed by atoms with Crippen molar-refractivity contribution in [2.24, 2.45) is 0 Å². The number of benzene rings is 2.